The van der Waals surface area contributed by atoms with Gasteiger partial charge in [-0.1, -0.05) is 24.3 Å². The molecule has 0 unspecified atom stereocenters. The summed E-state index contributed by atoms with van der Waals surface area (Å²) in [6, 6.07) is 10.9. The van der Waals surface area contributed by atoms with Crippen molar-refractivity contribution in [2.75, 3.05) is 17.2 Å². The number of hydrogen-bond acceptors (Lipinski definition) is 6. The fraction of sp³-hybridized carbons (Fsp3) is 0.355. The number of nitrogens with one attached hydrogen (secondary N) is 2. The second-order valence-corrected chi connectivity index (χ2v) is 11.4. The Morgan fingerprint density at radius 1 is 0.889 bits per heavy atom. The van der Waals surface area contributed by atoms with E-state index in [1.807, 2.05) is 12.1 Å². The van der Waals surface area contributed by atoms with Crippen molar-refractivity contribution in [2.24, 2.45) is 0 Å². The molecule has 1 aliphatic carbocycles. The number of anilines is 2. The fourth-order valence-electron chi connectivity index (χ4n) is 4.21. The predicted molar refractivity (Wildman–Crippen MR) is 152 cm³/mol. The number of rotatable bonds is 9. The highest BCUT2D eigenvalue weighted by Crippen LogP contribution is 2.42. The van der Waals surface area contributed by atoms with Gasteiger partial charge in [-0.25, -0.2) is 4.79 Å². The molecular formula is C31H29F6N3O5. The molecule has 2 aromatic carbocycles. The minimum Gasteiger partial charge on any atom is -0.483 e. The highest BCUT2D eigenvalue weighted by atomic mass is 19.4. The van der Waals surface area contributed by atoms with E-state index in [2.05, 4.69) is 20.4 Å². The molecule has 2 amide bonds. The molecule has 4 rings (SSSR count). The zero-order chi connectivity index (χ0) is 33.2. The van der Waals surface area contributed by atoms with E-state index >= 15 is 0 Å². The summed E-state index contributed by atoms with van der Waals surface area (Å²) in [5.74, 6) is -2.51. The molecule has 240 valence electrons. The Morgan fingerprint density at radius 2 is 1.58 bits per heavy atom. The smallest absolute Gasteiger partial charge is 0.422 e. The maximum absolute atomic E-state index is 13.8. The number of ketones is 1. The SMILES string of the molecule is CC(C)(C)OC(=O)Nc1cc(OCC(F)(F)F)c(C(F)(F)F)cc1NC(=O)CC(=O)c1cccc(-c2ccc(C3CC3)nc2)c1. The second-order valence-electron chi connectivity index (χ2n) is 11.4. The highest BCUT2D eigenvalue weighted by molar-refractivity contribution is 6.12. The monoisotopic (exact) mass is 637 g/mol. The van der Waals surface area contributed by atoms with E-state index in [1.165, 1.54) is 26.8 Å². The van der Waals surface area contributed by atoms with Crippen molar-refractivity contribution in [3.63, 3.8) is 0 Å². The van der Waals surface area contributed by atoms with Crippen LogP contribution in [0.2, 0.25) is 0 Å². The van der Waals surface area contributed by atoms with Gasteiger partial charge in [-0.3, -0.25) is 19.9 Å². The van der Waals surface area contributed by atoms with Crippen LogP contribution in [-0.2, 0) is 15.7 Å². The lowest BCUT2D eigenvalue weighted by Crippen LogP contribution is -2.28. The summed E-state index contributed by atoms with van der Waals surface area (Å²) < 4.78 is 89.2. The van der Waals surface area contributed by atoms with E-state index in [9.17, 15) is 40.7 Å². The van der Waals surface area contributed by atoms with Crippen LogP contribution in [0.5, 0.6) is 5.75 Å². The number of carbonyl (C=O) groups is 3. The van der Waals surface area contributed by atoms with E-state index in [4.69, 9.17) is 4.74 Å². The molecule has 1 heterocycles. The van der Waals surface area contributed by atoms with E-state index in [0.29, 0.717) is 23.6 Å². The number of ether oxygens (including phenoxy) is 2. The Balaban J connectivity index is 1.57. The van der Waals surface area contributed by atoms with Crippen molar-refractivity contribution in [1.82, 2.24) is 4.98 Å². The van der Waals surface area contributed by atoms with Gasteiger partial charge in [0.2, 0.25) is 5.91 Å². The van der Waals surface area contributed by atoms with E-state index in [1.54, 1.807) is 24.4 Å². The van der Waals surface area contributed by atoms with Gasteiger partial charge in [0.25, 0.3) is 0 Å². The fourth-order valence-corrected chi connectivity index (χ4v) is 4.21. The molecule has 0 radical (unpaired) electrons. The highest BCUT2D eigenvalue weighted by Gasteiger charge is 2.38. The molecule has 45 heavy (non-hydrogen) atoms. The van der Waals surface area contributed by atoms with Gasteiger partial charge in [-0.05, 0) is 57.4 Å². The quantitative estimate of drug-likeness (QED) is 0.139. The number of aromatic nitrogens is 1. The van der Waals surface area contributed by atoms with Gasteiger partial charge < -0.3 is 14.8 Å². The molecule has 8 nitrogen and oxygen atoms in total. The molecule has 1 fully saturated rings. The van der Waals surface area contributed by atoms with Crippen molar-refractivity contribution >= 4 is 29.2 Å². The third-order valence-corrected chi connectivity index (χ3v) is 6.35. The number of hydrogen-bond donors (Lipinski definition) is 2. The van der Waals surface area contributed by atoms with Crippen LogP contribution in [0.1, 0.15) is 67.6 Å². The predicted octanol–water partition coefficient (Wildman–Crippen LogP) is 8.14. The molecule has 2 N–H and O–H groups in total. The van der Waals surface area contributed by atoms with E-state index in [-0.39, 0.29) is 5.56 Å². The number of amides is 2. The lowest BCUT2D eigenvalue weighted by atomic mass is 10.0. The van der Waals surface area contributed by atoms with Crippen LogP contribution in [0.25, 0.3) is 11.1 Å². The summed E-state index contributed by atoms with van der Waals surface area (Å²) in [5.41, 5.74) is -1.39. The Kier molecular flexibility index (Phi) is 9.45. The summed E-state index contributed by atoms with van der Waals surface area (Å²) in [7, 11) is 0. The molecule has 0 atom stereocenters. The van der Waals surface area contributed by atoms with Crippen LogP contribution in [-0.4, -0.2) is 41.2 Å². The number of alkyl halides is 6. The summed E-state index contributed by atoms with van der Waals surface area (Å²) >= 11 is 0. The summed E-state index contributed by atoms with van der Waals surface area (Å²) in [6.45, 7) is 2.45. The van der Waals surface area contributed by atoms with Gasteiger partial charge in [0.15, 0.2) is 12.4 Å². The molecule has 0 aliphatic heterocycles. The second kappa shape index (κ2) is 12.8. The van der Waals surface area contributed by atoms with Gasteiger partial charge in [-0.2, -0.15) is 26.3 Å². The Hall–Kier alpha value is -4.62. The lowest BCUT2D eigenvalue weighted by Gasteiger charge is -2.22. The van der Waals surface area contributed by atoms with Crippen LogP contribution >= 0.6 is 0 Å². The normalized spacial score (nSPS) is 13.6. The molecule has 14 heteroatoms. The molecular weight excluding hydrogens is 608 g/mol. The average molecular weight is 638 g/mol. The number of halogens is 6. The lowest BCUT2D eigenvalue weighted by molar-refractivity contribution is -0.158. The molecule has 1 saturated carbocycles. The first-order valence-corrected chi connectivity index (χ1v) is 13.7. The van der Waals surface area contributed by atoms with Crippen molar-refractivity contribution < 1.29 is 50.2 Å². The van der Waals surface area contributed by atoms with Gasteiger partial charge >= 0.3 is 18.4 Å². The first-order chi connectivity index (χ1) is 20.9. The van der Waals surface area contributed by atoms with Crippen LogP contribution < -0.4 is 15.4 Å². The maximum atomic E-state index is 13.8. The zero-order valence-electron chi connectivity index (χ0n) is 24.4. The van der Waals surface area contributed by atoms with Gasteiger partial charge in [0, 0.05) is 35.0 Å². The number of Topliss-reactive ketones (excluding diaryl/α,β-unsaturated/α-hetero) is 1. The van der Waals surface area contributed by atoms with Gasteiger partial charge in [0.05, 0.1) is 23.4 Å². The number of pyridine rings is 1. The topological polar surface area (TPSA) is 107 Å². The number of carbonyl (C=O) groups excluding carboxylic acids is 3. The zero-order valence-corrected chi connectivity index (χ0v) is 24.4. The minimum absolute atomic E-state index is 0.146. The Bertz CT molecular complexity index is 1580. The molecule has 0 saturated heterocycles. The van der Waals surface area contributed by atoms with Crippen molar-refractivity contribution in [1.29, 1.82) is 0 Å². The molecule has 0 spiro atoms. The summed E-state index contributed by atoms with van der Waals surface area (Å²) in [4.78, 5) is 42.7. The van der Waals surface area contributed by atoms with Crippen molar-refractivity contribution in [2.45, 2.75) is 63.9 Å². The van der Waals surface area contributed by atoms with Crippen LogP contribution in [0.4, 0.5) is 42.5 Å². The standard InChI is InChI=1S/C31H29F6N3O5/c1-29(2,3)45-28(43)40-24-13-26(44-16-30(32,33)34)21(31(35,36)37)12-23(24)39-27(42)14-25(41)19-6-4-5-18(11-19)20-9-10-22(38-15-20)17-7-8-17/h4-6,9-13,15,17H,7-8,14,16H2,1-3H3,(H,39,42)(H,40,43). The molecule has 1 aliphatic rings. The third kappa shape index (κ3) is 9.68. The largest absolute Gasteiger partial charge is 0.483 e. The van der Waals surface area contributed by atoms with Crippen LogP contribution in [0, 0.1) is 0 Å². The van der Waals surface area contributed by atoms with Crippen molar-refractivity contribution in [3.05, 3.63) is 71.5 Å². The summed E-state index contributed by atoms with van der Waals surface area (Å²) in [5, 5.41) is 4.26. The Morgan fingerprint density at radius 3 is 2.16 bits per heavy atom. The molecule has 3 aromatic rings. The summed E-state index contributed by atoms with van der Waals surface area (Å²) in [6.07, 6.45) is -8.30. The maximum Gasteiger partial charge on any atom is 0.422 e. The third-order valence-electron chi connectivity index (χ3n) is 6.35. The Labute approximate surface area is 254 Å². The van der Waals surface area contributed by atoms with Crippen LogP contribution in [0.15, 0.2) is 54.7 Å². The van der Waals surface area contributed by atoms with Gasteiger partial charge in [-0.15, -0.1) is 0 Å². The van der Waals surface area contributed by atoms with Crippen LogP contribution in [0.3, 0.4) is 0 Å². The first-order valence-electron chi connectivity index (χ1n) is 13.7. The first kappa shape index (κ1) is 33.3. The average Bonchev–Trinajstić information content (AvgIpc) is 3.77. The number of benzene rings is 2. The number of nitrogens with zero attached hydrogens (tertiary/aromatic N) is 1. The molecule has 0 bridgehead atoms. The minimum atomic E-state index is -5.22. The van der Waals surface area contributed by atoms with Crippen molar-refractivity contribution in [3.8, 4) is 16.9 Å². The van der Waals surface area contributed by atoms with E-state index in [0.717, 1.165) is 24.1 Å². The molecule has 1 aromatic heterocycles. The van der Waals surface area contributed by atoms with E-state index < -0.39 is 71.5 Å². The van der Waals surface area contributed by atoms with Gasteiger partial charge in [0.1, 0.15) is 11.4 Å².